The van der Waals surface area contributed by atoms with E-state index in [1.165, 1.54) is 0 Å². The molecule has 2 rings (SSSR count). The Hall–Kier alpha value is -1.27. The Morgan fingerprint density at radius 1 is 1.19 bits per heavy atom. The molecule has 1 heterocycles. The third kappa shape index (κ3) is 5.88. The van der Waals surface area contributed by atoms with E-state index in [-0.39, 0.29) is 18.3 Å². The van der Waals surface area contributed by atoms with E-state index in [2.05, 4.69) is 22.7 Å². The second-order valence-electron chi connectivity index (χ2n) is 5.93. The molecule has 2 N–H and O–H groups in total. The Balaban J connectivity index is 0.00000338. The summed E-state index contributed by atoms with van der Waals surface area (Å²) in [7, 11) is 0. The maximum Gasteiger partial charge on any atom is 0.224 e. The highest BCUT2D eigenvalue weighted by Crippen LogP contribution is 2.27. The Morgan fingerprint density at radius 2 is 1.92 bits per heavy atom. The van der Waals surface area contributed by atoms with Crippen LogP contribution in [0.1, 0.15) is 30.3 Å². The molecule has 2 aromatic rings. The lowest BCUT2D eigenvalue weighted by molar-refractivity contribution is -0.120. The van der Waals surface area contributed by atoms with Gasteiger partial charge in [-0.05, 0) is 45.0 Å². The number of aryl methyl sites for hydroxylation is 1. The van der Waals surface area contributed by atoms with E-state index in [1.54, 1.807) is 16.8 Å². The average Bonchev–Trinajstić information content (AvgIpc) is 2.83. The highest BCUT2D eigenvalue weighted by molar-refractivity contribution is 6.35. The van der Waals surface area contributed by atoms with Crippen molar-refractivity contribution < 1.29 is 4.79 Å². The van der Waals surface area contributed by atoms with Crippen molar-refractivity contribution in [1.29, 1.82) is 0 Å². The lowest BCUT2D eigenvalue weighted by atomic mass is 10.1. The molecule has 144 valence electrons. The summed E-state index contributed by atoms with van der Waals surface area (Å²) < 4.78 is 1.76. The van der Waals surface area contributed by atoms with Gasteiger partial charge in [0.2, 0.25) is 5.91 Å². The first kappa shape index (κ1) is 22.8. The zero-order valence-corrected chi connectivity index (χ0v) is 17.6. The van der Waals surface area contributed by atoms with Gasteiger partial charge in [-0.3, -0.25) is 4.79 Å². The van der Waals surface area contributed by atoms with Gasteiger partial charge in [-0.25, -0.2) is 4.68 Å². The summed E-state index contributed by atoms with van der Waals surface area (Å²) in [4.78, 5) is 12.2. The molecule has 0 aliphatic carbocycles. The fourth-order valence-corrected chi connectivity index (χ4v) is 3.12. The van der Waals surface area contributed by atoms with Crippen molar-refractivity contribution in [1.82, 2.24) is 20.4 Å². The third-order valence-corrected chi connectivity index (χ3v) is 4.50. The van der Waals surface area contributed by atoms with Crippen molar-refractivity contribution in [2.24, 2.45) is 0 Å². The van der Waals surface area contributed by atoms with Crippen molar-refractivity contribution in [3.63, 3.8) is 0 Å². The zero-order valence-electron chi connectivity index (χ0n) is 15.2. The summed E-state index contributed by atoms with van der Waals surface area (Å²) >= 11 is 12.2. The van der Waals surface area contributed by atoms with Crippen LogP contribution in [0.4, 0.5) is 0 Å². The fraction of sp³-hybridized carbons (Fsp3) is 0.444. The number of halogens is 3. The van der Waals surface area contributed by atoms with E-state index in [0.29, 0.717) is 23.0 Å². The number of amides is 1. The van der Waals surface area contributed by atoms with Gasteiger partial charge >= 0.3 is 0 Å². The molecule has 1 aromatic heterocycles. The van der Waals surface area contributed by atoms with Gasteiger partial charge in [-0.2, -0.15) is 5.10 Å². The third-order valence-electron chi connectivity index (χ3n) is 3.97. The van der Waals surface area contributed by atoms with Gasteiger partial charge in [0.25, 0.3) is 0 Å². The largest absolute Gasteiger partial charge is 0.355 e. The van der Waals surface area contributed by atoms with Crippen molar-refractivity contribution in [3.05, 3.63) is 45.2 Å². The summed E-state index contributed by atoms with van der Waals surface area (Å²) in [6.07, 6.45) is 1.38. The van der Waals surface area contributed by atoms with E-state index in [0.717, 1.165) is 42.1 Å². The highest BCUT2D eigenvalue weighted by atomic mass is 35.5. The van der Waals surface area contributed by atoms with Crippen LogP contribution in [-0.2, 0) is 11.2 Å². The second kappa shape index (κ2) is 10.8. The topological polar surface area (TPSA) is 58.9 Å². The predicted octanol–water partition coefficient (Wildman–Crippen LogP) is 3.88. The minimum atomic E-state index is -0.00810. The quantitative estimate of drug-likeness (QED) is 0.638. The monoisotopic (exact) mass is 418 g/mol. The Kier molecular flexibility index (Phi) is 9.44. The van der Waals surface area contributed by atoms with Crippen molar-refractivity contribution in [2.45, 2.75) is 33.6 Å². The molecule has 0 saturated carbocycles. The summed E-state index contributed by atoms with van der Waals surface area (Å²) in [5, 5.41) is 11.8. The first-order valence-electron chi connectivity index (χ1n) is 8.42. The second-order valence-corrected chi connectivity index (χ2v) is 6.78. The number of nitrogens with one attached hydrogen (secondary N) is 2. The van der Waals surface area contributed by atoms with Gasteiger partial charge in [0.15, 0.2) is 0 Å². The number of benzene rings is 1. The first-order chi connectivity index (χ1) is 11.9. The molecule has 0 saturated heterocycles. The molecular weight excluding hydrogens is 395 g/mol. The van der Waals surface area contributed by atoms with E-state index >= 15 is 0 Å². The molecule has 0 fully saturated rings. The summed E-state index contributed by atoms with van der Waals surface area (Å²) in [6.45, 7) is 8.31. The van der Waals surface area contributed by atoms with Gasteiger partial charge in [0, 0.05) is 29.4 Å². The molecule has 0 unspecified atom stereocenters. The minimum Gasteiger partial charge on any atom is -0.355 e. The van der Waals surface area contributed by atoms with E-state index in [4.69, 9.17) is 23.2 Å². The smallest absolute Gasteiger partial charge is 0.224 e. The van der Waals surface area contributed by atoms with Crippen LogP contribution in [0.15, 0.2) is 18.2 Å². The van der Waals surface area contributed by atoms with Gasteiger partial charge in [0.05, 0.1) is 22.8 Å². The Labute approximate surface area is 170 Å². The molecule has 26 heavy (non-hydrogen) atoms. The van der Waals surface area contributed by atoms with Gasteiger partial charge < -0.3 is 10.6 Å². The molecule has 0 aliphatic heterocycles. The zero-order chi connectivity index (χ0) is 18.4. The van der Waals surface area contributed by atoms with Gasteiger partial charge in [-0.15, -0.1) is 12.4 Å². The molecular formula is C18H25Cl3N4O. The van der Waals surface area contributed by atoms with Crippen LogP contribution < -0.4 is 10.6 Å². The summed E-state index contributed by atoms with van der Waals surface area (Å²) in [6, 6.07) is 5.28. The van der Waals surface area contributed by atoms with Crippen LogP contribution in [-0.4, -0.2) is 35.3 Å². The molecule has 0 bridgehead atoms. The Bertz CT molecular complexity index is 746. The number of hydrogen-bond donors (Lipinski definition) is 2. The average molecular weight is 420 g/mol. The normalized spacial score (nSPS) is 10.5. The molecule has 5 nitrogen and oxygen atoms in total. The van der Waals surface area contributed by atoms with Crippen LogP contribution in [0.2, 0.25) is 10.0 Å². The number of rotatable bonds is 8. The molecule has 0 atom stereocenters. The van der Waals surface area contributed by atoms with E-state index < -0.39 is 0 Å². The number of nitrogens with zero attached hydrogens (tertiary/aromatic N) is 2. The fourth-order valence-electron chi connectivity index (χ4n) is 2.63. The van der Waals surface area contributed by atoms with Crippen LogP contribution in [0.25, 0.3) is 5.69 Å². The summed E-state index contributed by atoms with van der Waals surface area (Å²) in [5.41, 5.74) is 3.40. The lowest BCUT2D eigenvalue weighted by Gasteiger charge is -2.09. The summed E-state index contributed by atoms with van der Waals surface area (Å²) in [5.74, 6) is -0.00810. The highest BCUT2D eigenvalue weighted by Gasteiger charge is 2.17. The van der Waals surface area contributed by atoms with E-state index in [9.17, 15) is 4.79 Å². The van der Waals surface area contributed by atoms with Crippen LogP contribution in [0, 0.1) is 13.8 Å². The van der Waals surface area contributed by atoms with Crippen LogP contribution in [0.3, 0.4) is 0 Å². The van der Waals surface area contributed by atoms with Gasteiger partial charge in [0.1, 0.15) is 0 Å². The minimum absolute atomic E-state index is 0. The molecule has 0 radical (unpaired) electrons. The SMILES string of the molecule is CCCNCCNC(=O)Cc1c(C)nn(-c2ccc(Cl)cc2Cl)c1C.Cl. The number of carbonyl (C=O) groups is 1. The molecule has 1 aromatic carbocycles. The van der Waals surface area contributed by atoms with E-state index in [1.807, 2.05) is 19.9 Å². The van der Waals surface area contributed by atoms with Gasteiger partial charge in [-0.1, -0.05) is 30.1 Å². The number of hydrogen-bond acceptors (Lipinski definition) is 3. The number of aromatic nitrogens is 2. The van der Waals surface area contributed by atoms with Crippen molar-refractivity contribution >= 4 is 41.5 Å². The molecule has 0 spiro atoms. The maximum absolute atomic E-state index is 12.2. The van der Waals surface area contributed by atoms with Crippen LogP contribution >= 0.6 is 35.6 Å². The van der Waals surface area contributed by atoms with Crippen LogP contribution in [0.5, 0.6) is 0 Å². The van der Waals surface area contributed by atoms with Crippen molar-refractivity contribution in [3.8, 4) is 5.69 Å². The molecule has 8 heteroatoms. The lowest BCUT2D eigenvalue weighted by Crippen LogP contribution is -2.33. The Morgan fingerprint density at radius 3 is 2.58 bits per heavy atom. The standard InChI is InChI=1S/C18H24Cl2N4O.ClH/c1-4-7-21-8-9-22-18(25)11-15-12(2)23-24(13(15)3)17-6-5-14(19)10-16(17)20;/h5-6,10,21H,4,7-9,11H2,1-3H3,(H,22,25);1H. The molecule has 0 aliphatic rings. The number of carbonyl (C=O) groups excluding carboxylic acids is 1. The maximum atomic E-state index is 12.2. The first-order valence-corrected chi connectivity index (χ1v) is 9.17. The molecule has 1 amide bonds. The predicted molar refractivity (Wildman–Crippen MR) is 110 cm³/mol. The van der Waals surface area contributed by atoms with Crippen molar-refractivity contribution in [2.75, 3.05) is 19.6 Å².